The number of fused-ring (bicyclic) bond motifs is 1. The van der Waals surface area contributed by atoms with Crippen LogP contribution in [0.4, 0.5) is 5.82 Å². The van der Waals surface area contributed by atoms with E-state index in [1.807, 2.05) is 43.3 Å². The lowest BCUT2D eigenvalue weighted by Crippen LogP contribution is -2.36. The van der Waals surface area contributed by atoms with Crippen LogP contribution in [0.3, 0.4) is 0 Å². The Balaban J connectivity index is 1.41. The SMILES string of the molecule is Cc1c(C(=O)NCc2ccc(N3CCOCC3)nc2)oc2ccccc12. The lowest BCUT2D eigenvalue weighted by Gasteiger charge is -2.27. The minimum Gasteiger partial charge on any atom is -0.451 e. The van der Waals surface area contributed by atoms with Crippen molar-refractivity contribution in [3.05, 3.63) is 59.5 Å². The molecule has 0 unspecified atom stereocenters. The van der Waals surface area contributed by atoms with E-state index in [4.69, 9.17) is 9.15 Å². The second-order valence-corrected chi connectivity index (χ2v) is 6.36. The van der Waals surface area contributed by atoms with Gasteiger partial charge in [0.25, 0.3) is 5.91 Å². The maximum atomic E-state index is 12.5. The van der Waals surface area contributed by atoms with Crippen LogP contribution in [0.2, 0.25) is 0 Å². The van der Waals surface area contributed by atoms with Gasteiger partial charge in [0.2, 0.25) is 0 Å². The topological polar surface area (TPSA) is 67.6 Å². The summed E-state index contributed by atoms with van der Waals surface area (Å²) >= 11 is 0. The van der Waals surface area contributed by atoms with Crippen molar-refractivity contribution in [3.8, 4) is 0 Å². The van der Waals surface area contributed by atoms with Gasteiger partial charge in [0.1, 0.15) is 11.4 Å². The first-order chi connectivity index (χ1) is 12.7. The first kappa shape index (κ1) is 16.6. The number of carbonyl (C=O) groups excluding carboxylic acids is 1. The van der Waals surface area contributed by atoms with E-state index in [0.29, 0.717) is 12.3 Å². The fraction of sp³-hybridized carbons (Fsp3) is 0.300. The van der Waals surface area contributed by atoms with Crippen LogP contribution >= 0.6 is 0 Å². The van der Waals surface area contributed by atoms with Crippen molar-refractivity contribution in [1.82, 2.24) is 10.3 Å². The normalized spacial score (nSPS) is 14.6. The van der Waals surface area contributed by atoms with Gasteiger partial charge in [-0.2, -0.15) is 0 Å². The van der Waals surface area contributed by atoms with Crippen LogP contribution in [0, 0.1) is 6.92 Å². The van der Waals surface area contributed by atoms with E-state index in [9.17, 15) is 4.79 Å². The van der Waals surface area contributed by atoms with Crippen molar-refractivity contribution in [1.29, 1.82) is 0 Å². The lowest BCUT2D eigenvalue weighted by molar-refractivity contribution is 0.0924. The third kappa shape index (κ3) is 3.28. The van der Waals surface area contributed by atoms with Gasteiger partial charge in [0.15, 0.2) is 5.76 Å². The third-order valence-corrected chi connectivity index (χ3v) is 4.65. The smallest absolute Gasteiger partial charge is 0.287 e. The predicted octanol–water partition coefficient (Wildman–Crippen LogP) is 2.90. The number of anilines is 1. The molecule has 1 amide bonds. The summed E-state index contributed by atoms with van der Waals surface area (Å²) in [7, 11) is 0. The predicted molar refractivity (Wildman–Crippen MR) is 99.4 cm³/mol. The van der Waals surface area contributed by atoms with E-state index in [1.165, 1.54) is 0 Å². The Hall–Kier alpha value is -2.86. The number of pyridine rings is 1. The van der Waals surface area contributed by atoms with Crippen molar-refractivity contribution >= 4 is 22.7 Å². The minimum atomic E-state index is -0.212. The summed E-state index contributed by atoms with van der Waals surface area (Å²) in [5.74, 6) is 1.09. The summed E-state index contributed by atoms with van der Waals surface area (Å²) < 4.78 is 11.1. The van der Waals surface area contributed by atoms with Crippen LogP contribution in [0.1, 0.15) is 21.7 Å². The molecule has 0 aliphatic carbocycles. The van der Waals surface area contributed by atoms with E-state index < -0.39 is 0 Å². The van der Waals surface area contributed by atoms with Crippen LogP contribution in [-0.2, 0) is 11.3 Å². The molecule has 1 aliphatic heterocycles. The number of aromatic nitrogens is 1. The molecular weight excluding hydrogens is 330 g/mol. The Bertz CT molecular complexity index is 912. The summed E-state index contributed by atoms with van der Waals surface area (Å²) in [6.07, 6.45) is 1.80. The number of furan rings is 1. The molecule has 26 heavy (non-hydrogen) atoms. The molecule has 3 heterocycles. The van der Waals surface area contributed by atoms with Crippen molar-refractivity contribution < 1.29 is 13.9 Å². The Labute approximate surface area is 151 Å². The maximum absolute atomic E-state index is 12.5. The highest BCUT2D eigenvalue weighted by Gasteiger charge is 2.17. The van der Waals surface area contributed by atoms with E-state index in [1.54, 1.807) is 6.20 Å². The van der Waals surface area contributed by atoms with Crippen molar-refractivity contribution in [2.45, 2.75) is 13.5 Å². The molecule has 1 aliphatic rings. The van der Waals surface area contributed by atoms with Crippen LogP contribution in [-0.4, -0.2) is 37.2 Å². The standard InChI is InChI=1S/C20H21N3O3/c1-14-16-4-2-3-5-17(16)26-19(14)20(24)22-13-15-6-7-18(21-12-15)23-8-10-25-11-9-23/h2-7,12H,8-11,13H2,1H3,(H,22,24). The highest BCUT2D eigenvalue weighted by atomic mass is 16.5. The van der Waals surface area contributed by atoms with Gasteiger partial charge in [-0.1, -0.05) is 24.3 Å². The van der Waals surface area contributed by atoms with Crippen LogP contribution < -0.4 is 10.2 Å². The van der Waals surface area contributed by atoms with Gasteiger partial charge in [0, 0.05) is 36.8 Å². The number of amides is 1. The number of para-hydroxylation sites is 1. The van der Waals surface area contributed by atoms with E-state index in [-0.39, 0.29) is 5.91 Å². The maximum Gasteiger partial charge on any atom is 0.287 e. The molecule has 0 spiro atoms. The zero-order chi connectivity index (χ0) is 17.9. The first-order valence-electron chi connectivity index (χ1n) is 8.76. The Morgan fingerprint density at radius 3 is 2.73 bits per heavy atom. The Morgan fingerprint density at radius 2 is 2.00 bits per heavy atom. The van der Waals surface area contributed by atoms with Crippen LogP contribution in [0.25, 0.3) is 11.0 Å². The Kier molecular flexibility index (Phi) is 4.58. The second-order valence-electron chi connectivity index (χ2n) is 6.36. The summed E-state index contributed by atoms with van der Waals surface area (Å²) in [6.45, 7) is 5.49. The highest BCUT2D eigenvalue weighted by molar-refractivity contribution is 5.98. The fourth-order valence-corrected chi connectivity index (χ4v) is 3.15. The molecule has 4 rings (SSSR count). The van der Waals surface area contributed by atoms with Gasteiger partial charge in [-0.25, -0.2) is 4.98 Å². The lowest BCUT2D eigenvalue weighted by atomic mass is 10.1. The number of nitrogens with zero attached hydrogens (tertiary/aromatic N) is 2. The molecule has 3 aromatic rings. The average Bonchev–Trinajstić information content (AvgIpc) is 3.04. The van der Waals surface area contributed by atoms with Gasteiger partial charge >= 0.3 is 0 Å². The monoisotopic (exact) mass is 351 g/mol. The van der Waals surface area contributed by atoms with E-state index in [0.717, 1.165) is 54.2 Å². The highest BCUT2D eigenvalue weighted by Crippen LogP contribution is 2.24. The molecule has 0 saturated carbocycles. The van der Waals surface area contributed by atoms with E-state index in [2.05, 4.69) is 15.2 Å². The number of ether oxygens (including phenoxy) is 1. The van der Waals surface area contributed by atoms with Gasteiger partial charge in [-0.3, -0.25) is 4.79 Å². The quantitative estimate of drug-likeness (QED) is 0.783. The summed E-state index contributed by atoms with van der Waals surface area (Å²) in [4.78, 5) is 19.2. The van der Waals surface area contributed by atoms with Gasteiger partial charge in [-0.15, -0.1) is 0 Å². The van der Waals surface area contributed by atoms with E-state index >= 15 is 0 Å². The number of aryl methyl sites for hydroxylation is 1. The number of rotatable bonds is 4. The molecule has 6 heteroatoms. The molecule has 0 radical (unpaired) electrons. The van der Waals surface area contributed by atoms with Gasteiger partial charge in [0.05, 0.1) is 13.2 Å². The molecule has 1 N–H and O–H groups in total. The molecule has 1 saturated heterocycles. The zero-order valence-electron chi connectivity index (χ0n) is 14.7. The number of carbonyl (C=O) groups is 1. The summed E-state index contributed by atoms with van der Waals surface area (Å²) in [6, 6.07) is 11.6. The molecule has 1 fully saturated rings. The largest absolute Gasteiger partial charge is 0.451 e. The van der Waals surface area contributed by atoms with Crippen LogP contribution in [0.5, 0.6) is 0 Å². The molecule has 0 bridgehead atoms. The first-order valence-corrected chi connectivity index (χ1v) is 8.76. The van der Waals surface area contributed by atoms with Crippen molar-refractivity contribution in [3.63, 3.8) is 0 Å². The number of nitrogens with one attached hydrogen (secondary N) is 1. The minimum absolute atomic E-state index is 0.212. The summed E-state index contributed by atoms with van der Waals surface area (Å²) in [5.41, 5.74) is 2.54. The molecule has 2 aromatic heterocycles. The molecule has 134 valence electrons. The average molecular weight is 351 g/mol. The van der Waals surface area contributed by atoms with Crippen LogP contribution in [0.15, 0.2) is 47.0 Å². The number of benzene rings is 1. The number of hydrogen-bond acceptors (Lipinski definition) is 5. The third-order valence-electron chi connectivity index (χ3n) is 4.65. The molecule has 6 nitrogen and oxygen atoms in total. The number of hydrogen-bond donors (Lipinski definition) is 1. The molecular formula is C20H21N3O3. The second kappa shape index (κ2) is 7.17. The number of morpholine rings is 1. The van der Waals surface area contributed by atoms with Crippen molar-refractivity contribution in [2.75, 3.05) is 31.2 Å². The molecule has 1 aromatic carbocycles. The fourth-order valence-electron chi connectivity index (χ4n) is 3.15. The van der Waals surface area contributed by atoms with Gasteiger partial charge < -0.3 is 19.4 Å². The molecule has 0 atom stereocenters. The zero-order valence-corrected chi connectivity index (χ0v) is 14.7. The van der Waals surface area contributed by atoms with Crippen molar-refractivity contribution in [2.24, 2.45) is 0 Å². The summed E-state index contributed by atoms with van der Waals surface area (Å²) in [5, 5.41) is 3.88. The van der Waals surface area contributed by atoms with Gasteiger partial charge in [-0.05, 0) is 24.6 Å². The Morgan fingerprint density at radius 1 is 1.19 bits per heavy atom.